The van der Waals surface area contributed by atoms with Crippen molar-refractivity contribution in [2.75, 3.05) is 0 Å². The third-order valence-electron chi connectivity index (χ3n) is 2.99. The lowest BCUT2D eigenvalue weighted by atomic mass is 9.98. The van der Waals surface area contributed by atoms with Gasteiger partial charge in [-0.25, -0.2) is 17.6 Å². The molecule has 0 spiro atoms. The van der Waals surface area contributed by atoms with Crippen LogP contribution in [0, 0.1) is 23.3 Å². The molecule has 106 valence electrons. The summed E-state index contributed by atoms with van der Waals surface area (Å²) in [5.74, 6) is 0.852. The van der Waals surface area contributed by atoms with Gasteiger partial charge < -0.3 is 0 Å². The van der Waals surface area contributed by atoms with Crippen LogP contribution in [-0.2, 0) is 6.42 Å². The van der Waals surface area contributed by atoms with Gasteiger partial charge in [0.2, 0.25) is 0 Å². The predicted octanol–water partition coefficient (Wildman–Crippen LogP) is 2.99. The molecule has 0 saturated carbocycles. The molecule has 0 radical (unpaired) electrons. The number of benzene rings is 2. The van der Waals surface area contributed by atoms with E-state index in [-0.39, 0.29) is 12.0 Å². The summed E-state index contributed by atoms with van der Waals surface area (Å²) in [5.41, 5.74) is 2.94. The highest BCUT2D eigenvalue weighted by Gasteiger charge is 2.20. The lowest BCUT2D eigenvalue weighted by Gasteiger charge is -2.17. The highest BCUT2D eigenvalue weighted by Crippen LogP contribution is 2.24. The predicted molar refractivity (Wildman–Crippen MR) is 66.5 cm³/mol. The van der Waals surface area contributed by atoms with Gasteiger partial charge in [-0.05, 0) is 30.2 Å². The maximum Gasteiger partial charge on any atom is 0.194 e. The van der Waals surface area contributed by atoms with Crippen molar-refractivity contribution in [1.82, 2.24) is 5.43 Å². The lowest BCUT2D eigenvalue weighted by Crippen LogP contribution is -2.30. The smallest absolute Gasteiger partial charge is 0.194 e. The van der Waals surface area contributed by atoms with E-state index >= 15 is 0 Å². The Kier molecular flexibility index (Phi) is 4.36. The van der Waals surface area contributed by atoms with Crippen molar-refractivity contribution < 1.29 is 17.6 Å². The number of rotatable bonds is 4. The molecule has 2 aromatic rings. The van der Waals surface area contributed by atoms with E-state index in [1.807, 2.05) is 0 Å². The van der Waals surface area contributed by atoms with Crippen LogP contribution >= 0.6 is 0 Å². The summed E-state index contributed by atoms with van der Waals surface area (Å²) >= 11 is 0. The Morgan fingerprint density at radius 3 is 2.15 bits per heavy atom. The highest BCUT2D eigenvalue weighted by atomic mass is 19.2. The van der Waals surface area contributed by atoms with Gasteiger partial charge in [-0.15, -0.1) is 0 Å². The van der Waals surface area contributed by atoms with E-state index in [1.165, 1.54) is 24.3 Å². The second-order valence-electron chi connectivity index (χ2n) is 4.31. The zero-order chi connectivity index (χ0) is 14.7. The Hall–Kier alpha value is -1.92. The second kappa shape index (κ2) is 6.02. The number of halogens is 4. The largest absolute Gasteiger partial charge is 0.271 e. The molecule has 2 rings (SSSR count). The highest BCUT2D eigenvalue weighted by molar-refractivity contribution is 5.26. The molecule has 2 nitrogen and oxygen atoms in total. The SMILES string of the molecule is NNC(Cc1ccc(F)cc1)c1ccc(F)c(F)c1F. The average molecular weight is 284 g/mol. The van der Waals surface area contributed by atoms with Crippen LogP contribution < -0.4 is 11.3 Å². The van der Waals surface area contributed by atoms with E-state index in [0.29, 0.717) is 5.56 Å². The molecule has 1 atom stereocenters. The van der Waals surface area contributed by atoms with Crippen LogP contribution in [0.25, 0.3) is 0 Å². The third-order valence-corrected chi connectivity index (χ3v) is 2.99. The third kappa shape index (κ3) is 2.97. The summed E-state index contributed by atoms with van der Waals surface area (Å²) in [6.07, 6.45) is 0.207. The molecule has 2 aromatic carbocycles. The van der Waals surface area contributed by atoms with Crippen LogP contribution in [0.3, 0.4) is 0 Å². The molecule has 0 aliphatic carbocycles. The molecular formula is C14H12F4N2. The van der Waals surface area contributed by atoms with Crippen molar-refractivity contribution in [3.05, 3.63) is 70.8 Å². The van der Waals surface area contributed by atoms with Gasteiger partial charge in [0, 0.05) is 5.56 Å². The molecule has 6 heteroatoms. The first-order chi connectivity index (χ1) is 9.52. The molecule has 0 bridgehead atoms. The fraction of sp³-hybridized carbons (Fsp3) is 0.143. The van der Waals surface area contributed by atoms with Gasteiger partial charge in [0.1, 0.15) is 5.82 Å². The molecule has 0 heterocycles. The first-order valence-corrected chi connectivity index (χ1v) is 5.87. The lowest BCUT2D eigenvalue weighted by molar-refractivity contribution is 0.424. The van der Waals surface area contributed by atoms with Gasteiger partial charge in [0.25, 0.3) is 0 Å². The molecule has 3 N–H and O–H groups in total. The number of nitrogens with one attached hydrogen (secondary N) is 1. The van der Waals surface area contributed by atoms with E-state index in [2.05, 4.69) is 5.43 Å². The zero-order valence-electron chi connectivity index (χ0n) is 10.3. The van der Waals surface area contributed by atoms with Gasteiger partial charge in [0.15, 0.2) is 17.5 Å². The van der Waals surface area contributed by atoms with Crippen LogP contribution in [0.4, 0.5) is 17.6 Å². The van der Waals surface area contributed by atoms with Crippen LogP contribution in [0.5, 0.6) is 0 Å². The van der Waals surface area contributed by atoms with Gasteiger partial charge in [-0.2, -0.15) is 0 Å². The van der Waals surface area contributed by atoms with Crippen molar-refractivity contribution in [1.29, 1.82) is 0 Å². The van der Waals surface area contributed by atoms with Crippen molar-refractivity contribution in [2.24, 2.45) is 5.84 Å². The maximum absolute atomic E-state index is 13.7. The van der Waals surface area contributed by atoms with Gasteiger partial charge >= 0.3 is 0 Å². The Bertz CT molecular complexity index is 599. The Morgan fingerprint density at radius 1 is 0.900 bits per heavy atom. The maximum atomic E-state index is 13.7. The minimum absolute atomic E-state index is 0.0873. The molecule has 20 heavy (non-hydrogen) atoms. The first kappa shape index (κ1) is 14.5. The van der Waals surface area contributed by atoms with Crippen LogP contribution in [0.1, 0.15) is 17.2 Å². The van der Waals surface area contributed by atoms with Gasteiger partial charge in [-0.1, -0.05) is 18.2 Å². The minimum Gasteiger partial charge on any atom is -0.271 e. The fourth-order valence-corrected chi connectivity index (χ4v) is 1.92. The first-order valence-electron chi connectivity index (χ1n) is 5.87. The summed E-state index contributed by atoms with van der Waals surface area (Å²) in [6.45, 7) is 0. The summed E-state index contributed by atoms with van der Waals surface area (Å²) < 4.78 is 52.6. The van der Waals surface area contributed by atoms with Crippen LogP contribution in [0.2, 0.25) is 0 Å². The van der Waals surface area contributed by atoms with E-state index in [4.69, 9.17) is 5.84 Å². The molecule has 0 saturated heterocycles. The van der Waals surface area contributed by atoms with Crippen LogP contribution in [-0.4, -0.2) is 0 Å². The normalized spacial score (nSPS) is 12.4. The van der Waals surface area contributed by atoms with Crippen LogP contribution in [0.15, 0.2) is 36.4 Å². The van der Waals surface area contributed by atoms with Crippen molar-refractivity contribution >= 4 is 0 Å². The van der Waals surface area contributed by atoms with Crippen molar-refractivity contribution in [3.63, 3.8) is 0 Å². The van der Waals surface area contributed by atoms with E-state index in [1.54, 1.807) is 0 Å². The number of nitrogens with two attached hydrogens (primary N) is 1. The van der Waals surface area contributed by atoms with Gasteiger partial charge in [-0.3, -0.25) is 11.3 Å². The zero-order valence-corrected chi connectivity index (χ0v) is 10.3. The molecule has 0 aliphatic heterocycles. The number of hydrogen-bond acceptors (Lipinski definition) is 2. The Labute approximate surface area is 113 Å². The topological polar surface area (TPSA) is 38.0 Å². The molecule has 0 amide bonds. The Balaban J connectivity index is 2.29. The standard InChI is InChI=1S/C14H12F4N2/c15-9-3-1-8(2-4-9)7-12(20-19)10-5-6-11(16)14(18)13(10)17/h1-6,12,20H,7,19H2. The molecular weight excluding hydrogens is 272 g/mol. The van der Waals surface area contributed by atoms with E-state index in [0.717, 1.165) is 12.1 Å². The quantitative estimate of drug-likeness (QED) is 0.392. The molecule has 0 fully saturated rings. The van der Waals surface area contributed by atoms with Crippen molar-refractivity contribution in [3.8, 4) is 0 Å². The molecule has 0 aromatic heterocycles. The minimum atomic E-state index is -1.54. The van der Waals surface area contributed by atoms with Crippen molar-refractivity contribution in [2.45, 2.75) is 12.5 Å². The second-order valence-corrected chi connectivity index (χ2v) is 4.31. The fourth-order valence-electron chi connectivity index (χ4n) is 1.92. The summed E-state index contributed by atoms with van der Waals surface area (Å²) in [5, 5.41) is 0. The molecule has 1 unspecified atom stereocenters. The summed E-state index contributed by atoms with van der Waals surface area (Å²) in [4.78, 5) is 0. The van der Waals surface area contributed by atoms with Gasteiger partial charge in [0.05, 0.1) is 6.04 Å². The average Bonchev–Trinajstić information content (AvgIpc) is 2.45. The monoisotopic (exact) mass is 284 g/mol. The van der Waals surface area contributed by atoms with E-state index < -0.39 is 29.3 Å². The summed E-state index contributed by atoms with van der Waals surface area (Å²) in [7, 11) is 0. The number of hydrazine groups is 1. The van der Waals surface area contributed by atoms with E-state index in [9.17, 15) is 17.6 Å². The molecule has 0 aliphatic rings. The summed E-state index contributed by atoms with van der Waals surface area (Å²) in [6, 6.07) is 6.74. The number of hydrogen-bond donors (Lipinski definition) is 2. The Morgan fingerprint density at radius 2 is 1.55 bits per heavy atom.